The van der Waals surface area contributed by atoms with Gasteiger partial charge in [-0.1, -0.05) is 0 Å². The maximum absolute atomic E-state index is 5.36. The predicted molar refractivity (Wildman–Crippen MR) is 76.1 cm³/mol. The molecular formula is C14H14N2O2S. The molecule has 5 heteroatoms. The summed E-state index contributed by atoms with van der Waals surface area (Å²) in [5.41, 5.74) is 2.07. The fraction of sp³-hybridized carbons (Fsp3) is 0.214. The third-order valence-electron chi connectivity index (χ3n) is 3.14. The molecule has 98 valence electrons. The van der Waals surface area contributed by atoms with E-state index in [1.54, 1.807) is 13.4 Å². The van der Waals surface area contributed by atoms with E-state index in [9.17, 15) is 0 Å². The fourth-order valence-corrected chi connectivity index (χ4v) is 2.47. The predicted octanol–water partition coefficient (Wildman–Crippen LogP) is 3.54. The van der Waals surface area contributed by atoms with E-state index in [4.69, 9.17) is 21.4 Å². The summed E-state index contributed by atoms with van der Waals surface area (Å²) in [5, 5.41) is 0. The molecule has 0 aliphatic carbocycles. The van der Waals surface area contributed by atoms with Crippen LogP contribution in [0.15, 0.2) is 41.0 Å². The molecule has 0 atom stereocenters. The first-order valence-electron chi connectivity index (χ1n) is 6.07. The van der Waals surface area contributed by atoms with Crippen molar-refractivity contribution in [2.24, 2.45) is 0 Å². The number of aromatic amines is 1. The van der Waals surface area contributed by atoms with Crippen molar-refractivity contribution in [3.05, 3.63) is 47.1 Å². The number of aryl methyl sites for hydroxylation is 2. The smallest absolute Gasteiger partial charge is 0.178 e. The summed E-state index contributed by atoms with van der Waals surface area (Å²) >= 11 is 5.36. The van der Waals surface area contributed by atoms with Gasteiger partial charge in [0.1, 0.15) is 11.5 Å². The Bertz CT molecular complexity index is 740. The van der Waals surface area contributed by atoms with Gasteiger partial charge in [0, 0.05) is 19.0 Å². The van der Waals surface area contributed by atoms with Crippen LogP contribution < -0.4 is 4.74 Å². The number of nitrogens with zero attached hydrogens (tertiary/aromatic N) is 1. The van der Waals surface area contributed by atoms with Crippen LogP contribution in [0.5, 0.6) is 5.75 Å². The molecule has 19 heavy (non-hydrogen) atoms. The average molecular weight is 274 g/mol. The number of aromatic nitrogens is 2. The van der Waals surface area contributed by atoms with Gasteiger partial charge in [-0.25, -0.2) is 0 Å². The Morgan fingerprint density at radius 1 is 1.37 bits per heavy atom. The minimum absolute atomic E-state index is 0.717. The molecule has 3 rings (SSSR count). The van der Waals surface area contributed by atoms with Crippen LogP contribution in [-0.4, -0.2) is 16.7 Å². The summed E-state index contributed by atoms with van der Waals surface area (Å²) in [7, 11) is 1.66. The zero-order valence-electron chi connectivity index (χ0n) is 10.6. The quantitative estimate of drug-likeness (QED) is 0.740. The second-order valence-electron chi connectivity index (χ2n) is 4.29. The van der Waals surface area contributed by atoms with Crippen molar-refractivity contribution >= 4 is 23.3 Å². The summed E-state index contributed by atoms with van der Waals surface area (Å²) in [6, 6.07) is 9.78. The first kappa shape index (κ1) is 12.0. The van der Waals surface area contributed by atoms with Crippen molar-refractivity contribution in [1.82, 2.24) is 9.55 Å². The van der Waals surface area contributed by atoms with E-state index in [1.807, 2.05) is 30.3 Å². The lowest BCUT2D eigenvalue weighted by Gasteiger charge is -2.04. The number of furan rings is 1. The molecule has 4 nitrogen and oxygen atoms in total. The standard InChI is InChI=1S/C14H14N2O2S/c1-17-11-4-5-13-12(9-11)15-14(19)16(13)7-6-10-3-2-8-18-10/h2-5,8-9H,6-7H2,1H3,(H,15,19). The van der Waals surface area contributed by atoms with Gasteiger partial charge in [0.15, 0.2) is 4.77 Å². The highest BCUT2D eigenvalue weighted by atomic mass is 32.1. The maximum atomic E-state index is 5.36. The Morgan fingerprint density at radius 2 is 2.26 bits per heavy atom. The van der Waals surface area contributed by atoms with Crippen LogP contribution in [-0.2, 0) is 13.0 Å². The third kappa shape index (κ3) is 2.29. The highest BCUT2D eigenvalue weighted by Crippen LogP contribution is 2.20. The molecule has 0 saturated heterocycles. The molecule has 1 aromatic carbocycles. The first-order valence-corrected chi connectivity index (χ1v) is 6.47. The van der Waals surface area contributed by atoms with Crippen LogP contribution >= 0.6 is 12.2 Å². The van der Waals surface area contributed by atoms with E-state index in [0.29, 0.717) is 0 Å². The largest absolute Gasteiger partial charge is 0.497 e. The molecule has 3 aromatic rings. The third-order valence-corrected chi connectivity index (χ3v) is 3.47. The molecule has 0 radical (unpaired) electrons. The normalized spacial score (nSPS) is 11.0. The van der Waals surface area contributed by atoms with Crippen molar-refractivity contribution < 1.29 is 9.15 Å². The first-order chi connectivity index (χ1) is 9.28. The van der Waals surface area contributed by atoms with Crippen LogP contribution in [0, 0.1) is 4.77 Å². The molecule has 0 amide bonds. The van der Waals surface area contributed by atoms with E-state index in [2.05, 4.69) is 9.55 Å². The minimum atomic E-state index is 0.717. The van der Waals surface area contributed by atoms with Gasteiger partial charge >= 0.3 is 0 Å². The molecule has 0 unspecified atom stereocenters. The highest BCUT2D eigenvalue weighted by molar-refractivity contribution is 7.71. The van der Waals surface area contributed by atoms with Gasteiger partial charge in [0.05, 0.1) is 24.4 Å². The number of nitrogens with one attached hydrogen (secondary N) is 1. The van der Waals surface area contributed by atoms with Gasteiger partial charge in [-0.05, 0) is 36.5 Å². The molecule has 2 aromatic heterocycles. The van der Waals surface area contributed by atoms with Crippen molar-refractivity contribution in [3.63, 3.8) is 0 Å². The van der Waals surface area contributed by atoms with Crippen molar-refractivity contribution in [3.8, 4) is 5.75 Å². The molecule has 1 N–H and O–H groups in total. The van der Waals surface area contributed by atoms with Crippen LogP contribution in [0.4, 0.5) is 0 Å². The van der Waals surface area contributed by atoms with E-state index >= 15 is 0 Å². The molecule has 0 saturated carbocycles. The molecule has 2 heterocycles. The number of benzene rings is 1. The van der Waals surface area contributed by atoms with E-state index in [0.717, 1.165) is 40.3 Å². The van der Waals surface area contributed by atoms with Crippen LogP contribution in [0.3, 0.4) is 0 Å². The Kier molecular flexibility index (Phi) is 3.13. The second kappa shape index (κ2) is 4.93. The number of ether oxygens (including phenoxy) is 1. The topological polar surface area (TPSA) is 43.1 Å². The van der Waals surface area contributed by atoms with Gasteiger partial charge < -0.3 is 18.7 Å². The molecular weight excluding hydrogens is 260 g/mol. The highest BCUT2D eigenvalue weighted by Gasteiger charge is 2.06. The Balaban J connectivity index is 1.94. The minimum Gasteiger partial charge on any atom is -0.497 e. The summed E-state index contributed by atoms with van der Waals surface area (Å²) < 4.78 is 13.3. The lowest BCUT2D eigenvalue weighted by molar-refractivity contribution is 0.415. The zero-order chi connectivity index (χ0) is 13.2. The van der Waals surface area contributed by atoms with Crippen LogP contribution in [0.1, 0.15) is 5.76 Å². The van der Waals surface area contributed by atoms with Gasteiger partial charge in [-0.3, -0.25) is 0 Å². The Labute approximate surface area is 115 Å². The molecule has 0 aliphatic rings. The summed E-state index contributed by atoms with van der Waals surface area (Å²) in [6.45, 7) is 0.790. The average Bonchev–Trinajstić information content (AvgIpc) is 3.02. The van der Waals surface area contributed by atoms with Crippen LogP contribution in [0.25, 0.3) is 11.0 Å². The molecule has 0 spiro atoms. The summed E-state index contributed by atoms with van der Waals surface area (Å²) in [6.07, 6.45) is 2.51. The number of imidazole rings is 1. The molecule has 0 fully saturated rings. The molecule has 0 bridgehead atoms. The lowest BCUT2D eigenvalue weighted by atomic mass is 10.3. The SMILES string of the molecule is COc1ccc2c(c1)[nH]c(=S)n2CCc1ccco1. The van der Waals surface area contributed by atoms with E-state index < -0.39 is 0 Å². The monoisotopic (exact) mass is 274 g/mol. The number of methoxy groups -OCH3 is 1. The Morgan fingerprint density at radius 3 is 3.00 bits per heavy atom. The molecule has 0 aliphatic heterocycles. The van der Waals surface area contributed by atoms with E-state index in [-0.39, 0.29) is 0 Å². The van der Waals surface area contributed by atoms with Crippen LogP contribution in [0.2, 0.25) is 0 Å². The zero-order valence-corrected chi connectivity index (χ0v) is 11.4. The number of rotatable bonds is 4. The maximum Gasteiger partial charge on any atom is 0.178 e. The number of H-pyrrole nitrogens is 1. The van der Waals surface area contributed by atoms with Gasteiger partial charge in [0.2, 0.25) is 0 Å². The van der Waals surface area contributed by atoms with Gasteiger partial charge in [-0.15, -0.1) is 0 Å². The summed E-state index contributed by atoms with van der Waals surface area (Å²) in [5.74, 6) is 1.78. The number of hydrogen-bond donors (Lipinski definition) is 1. The summed E-state index contributed by atoms with van der Waals surface area (Å²) in [4.78, 5) is 3.20. The van der Waals surface area contributed by atoms with Crippen molar-refractivity contribution in [1.29, 1.82) is 0 Å². The number of fused-ring (bicyclic) bond motifs is 1. The van der Waals surface area contributed by atoms with E-state index in [1.165, 1.54) is 0 Å². The van der Waals surface area contributed by atoms with Gasteiger partial charge in [-0.2, -0.15) is 0 Å². The Hall–Kier alpha value is -2.01. The lowest BCUT2D eigenvalue weighted by Crippen LogP contribution is -2.00. The van der Waals surface area contributed by atoms with Crippen molar-refractivity contribution in [2.75, 3.05) is 7.11 Å². The number of hydrogen-bond acceptors (Lipinski definition) is 3. The second-order valence-corrected chi connectivity index (χ2v) is 4.68. The van der Waals surface area contributed by atoms with Crippen molar-refractivity contribution in [2.45, 2.75) is 13.0 Å². The fourth-order valence-electron chi connectivity index (χ4n) is 2.17. The van der Waals surface area contributed by atoms with Gasteiger partial charge in [0.25, 0.3) is 0 Å².